The maximum absolute atomic E-state index is 15.2. The summed E-state index contributed by atoms with van der Waals surface area (Å²) in [6, 6.07) is 16.6. The van der Waals surface area contributed by atoms with Crippen molar-refractivity contribution in [2.45, 2.75) is 57.9 Å². The minimum atomic E-state index is -4.21. The zero-order chi connectivity index (χ0) is 36.3. The summed E-state index contributed by atoms with van der Waals surface area (Å²) in [5, 5.41) is 4.01. The molecule has 0 saturated carbocycles. The summed E-state index contributed by atoms with van der Waals surface area (Å²) in [7, 11) is -4.21. The van der Waals surface area contributed by atoms with Crippen molar-refractivity contribution in [1.29, 1.82) is 0 Å². The third-order valence-electron chi connectivity index (χ3n) is 8.17. The molecule has 1 unspecified atom stereocenters. The zero-order valence-corrected chi connectivity index (χ0v) is 29.4. The number of hydrogen-bond acceptors (Lipinski definition) is 9. The first kappa shape index (κ1) is 35.5. The van der Waals surface area contributed by atoms with Gasteiger partial charge in [-0.1, -0.05) is 30.3 Å². The van der Waals surface area contributed by atoms with Crippen molar-refractivity contribution in [3.63, 3.8) is 0 Å². The quantitative estimate of drug-likeness (QED) is 0.157. The molecule has 266 valence electrons. The molecule has 6 rings (SSSR count). The number of ether oxygens (including phenoxy) is 2. The summed E-state index contributed by atoms with van der Waals surface area (Å²) < 4.78 is 69.9. The molecule has 11 nitrogen and oxygen atoms in total. The molecule has 1 amide bonds. The Kier molecular flexibility index (Phi) is 10.1. The number of aryl methyl sites for hydroxylation is 1. The summed E-state index contributed by atoms with van der Waals surface area (Å²) >= 11 is 0. The van der Waals surface area contributed by atoms with E-state index < -0.39 is 33.0 Å². The summed E-state index contributed by atoms with van der Waals surface area (Å²) in [5.41, 5.74) is 0.825. The number of piperidine rings is 1. The first-order valence-corrected chi connectivity index (χ1v) is 18.1. The Bertz CT molecular complexity index is 2190. The Morgan fingerprint density at radius 1 is 0.961 bits per heavy atom. The first-order valence-electron chi connectivity index (χ1n) is 16.4. The number of carbonyl (C=O) groups is 1. The fraction of sp³-hybridized carbons (Fsp3) is 0.297. The van der Waals surface area contributed by atoms with Crippen LogP contribution in [0.3, 0.4) is 0 Å². The van der Waals surface area contributed by atoms with Crippen LogP contribution >= 0.6 is 0 Å². The van der Waals surface area contributed by atoms with Gasteiger partial charge >= 0.3 is 6.09 Å². The maximum Gasteiger partial charge on any atom is 0.410 e. The van der Waals surface area contributed by atoms with E-state index in [1.807, 2.05) is 20.8 Å². The van der Waals surface area contributed by atoms with Crippen molar-refractivity contribution in [3.8, 4) is 22.9 Å². The lowest BCUT2D eigenvalue weighted by molar-refractivity contribution is 0.0206. The molecule has 0 spiro atoms. The highest BCUT2D eigenvalue weighted by Gasteiger charge is 2.28. The topological polar surface area (TPSA) is 136 Å². The number of halogens is 2. The van der Waals surface area contributed by atoms with Crippen LogP contribution in [0.4, 0.5) is 25.2 Å². The predicted octanol–water partition coefficient (Wildman–Crippen LogP) is 7.82. The number of rotatable bonds is 9. The average Bonchev–Trinajstić information content (AvgIpc) is 3.08. The van der Waals surface area contributed by atoms with Crippen molar-refractivity contribution in [2.75, 3.05) is 23.1 Å². The van der Waals surface area contributed by atoms with Crippen LogP contribution < -0.4 is 14.8 Å². The van der Waals surface area contributed by atoms with Gasteiger partial charge in [0.2, 0.25) is 21.9 Å². The van der Waals surface area contributed by atoms with Gasteiger partial charge in [-0.15, -0.1) is 0 Å². The van der Waals surface area contributed by atoms with Crippen LogP contribution in [-0.2, 0) is 20.5 Å². The van der Waals surface area contributed by atoms with E-state index in [2.05, 4.69) is 20.0 Å². The Balaban J connectivity index is 1.26. The SMILES string of the molecule is Cc1ccc2c(NS(=O)(=O)Cc3ccccc3F)c(F)ccc2c1Oc1ncccc1-c1ccnc(NC2CCCN(C(=O)OC(C)(C)C)C2)n1. The number of pyridine rings is 1. The maximum atomic E-state index is 15.2. The monoisotopic (exact) mass is 716 g/mol. The van der Waals surface area contributed by atoms with Crippen LogP contribution in [0.25, 0.3) is 22.0 Å². The number of amides is 1. The molecule has 2 N–H and O–H groups in total. The van der Waals surface area contributed by atoms with Gasteiger partial charge in [0, 0.05) is 47.9 Å². The molecule has 51 heavy (non-hydrogen) atoms. The molecule has 1 aliphatic heterocycles. The molecule has 3 heterocycles. The molecular formula is C37H38F2N6O5S. The Hall–Kier alpha value is -5.37. The zero-order valence-electron chi connectivity index (χ0n) is 28.6. The van der Waals surface area contributed by atoms with Crippen LogP contribution in [0.5, 0.6) is 11.6 Å². The van der Waals surface area contributed by atoms with Gasteiger partial charge < -0.3 is 19.7 Å². The molecule has 0 aliphatic carbocycles. The van der Waals surface area contributed by atoms with E-state index in [9.17, 15) is 17.6 Å². The van der Waals surface area contributed by atoms with Gasteiger partial charge in [0.25, 0.3) is 0 Å². The molecule has 1 atom stereocenters. The first-order chi connectivity index (χ1) is 24.3. The third kappa shape index (κ3) is 8.51. The standard InChI is InChI=1S/C37H38F2N6O5S/c1-23-13-14-26-27(15-16-30(39)32(26)44-51(47,48)22-24-9-5-6-12-29(24)38)33(23)49-34-28(11-7-18-40-34)31-17-19-41-35(43-31)42-25-10-8-20-45(21-25)36(46)50-37(2,3)4/h5-7,9,11-19,25,44H,8,10,20-22H2,1-4H3,(H,41,42,43). The molecular weight excluding hydrogens is 679 g/mol. The minimum Gasteiger partial charge on any atom is -0.444 e. The van der Waals surface area contributed by atoms with Crippen LogP contribution in [0.15, 0.2) is 79.1 Å². The summed E-state index contributed by atoms with van der Waals surface area (Å²) in [4.78, 5) is 28.0. The van der Waals surface area contributed by atoms with E-state index in [1.54, 1.807) is 54.5 Å². The molecule has 2 aromatic heterocycles. The van der Waals surface area contributed by atoms with Gasteiger partial charge in [0.05, 0.1) is 22.7 Å². The van der Waals surface area contributed by atoms with E-state index in [0.29, 0.717) is 47.0 Å². The molecule has 1 fully saturated rings. The number of fused-ring (bicyclic) bond motifs is 1. The normalized spacial score (nSPS) is 15.0. The van der Waals surface area contributed by atoms with Crippen molar-refractivity contribution in [1.82, 2.24) is 19.9 Å². The van der Waals surface area contributed by atoms with E-state index >= 15 is 4.39 Å². The van der Waals surface area contributed by atoms with Gasteiger partial charge in [-0.3, -0.25) is 4.72 Å². The lowest BCUT2D eigenvalue weighted by Gasteiger charge is -2.34. The number of hydrogen-bond donors (Lipinski definition) is 2. The van der Waals surface area contributed by atoms with Gasteiger partial charge in [-0.2, -0.15) is 0 Å². The summed E-state index contributed by atoms with van der Waals surface area (Å²) in [5.74, 6) is -1.26. The number of nitrogens with one attached hydrogen (secondary N) is 2. The third-order valence-corrected chi connectivity index (χ3v) is 9.37. The second-order valence-corrected chi connectivity index (χ2v) is 15.0. The highest BCUT2D eigenvalue weighted by Crippen LogP contribution is 2.40. The number of likely N-dealkylation sites (tertiary alicyclic amines) is 1. The van der Waals surface area contributed by atoms with Crippen LogP contribution in [0, 0.1) is 18.6 Å². The lowest BCUT2D eigenvalue weighted by atomic mass is 10.0. The van der Waals surface area contributed by atoms with E-state index in [0.717, 1.165) is 18.9 Å². The number of anilines is 2. The van der Waals surface area contributed by atoms with Gasteiger partial charge in [0.15, 0.2) is 0 Å². The minimum absolute atomic E-state index is 0.0437. The molecule has 0 bridgehead atoms. The largest absolute Gasteiger partial charge is 0.444 e. The number of aromatic nitrogens is 3. The summed E-state index contributed by atoms with van der Waals surface area (Å²) in [6.07, 6.45) is 4.42. The molecule has 3 aromatic carbocycles. The molecule has 0 radical (unpaired) electrons. The molecule has 14 heteroatoms. The predicted molar refractivity (Wildman–Crippen MR) is 191 cm³/mol. The smallest absolute Gasteiger partial charge is 0.410 e. The van der Waals surface area contributed by atoms with Crippen molar-refractivity contribution in [3.05, 3.63) is 102 Å². The number of benzene rings is 3. The van der Waals surface area contributed by atoms with Crippen LogP contribution in [-0.4, -0.2) is 59.1 Å². The van der Waals surface area contributed by atoms with Crippen LogP contribution in [0.1, 0.15) is 44.7 Å². The second-order valence-electron chi connectivity index (χ2n) is 13.3. The van der Waals surface area contributed by atoms with E-state index in [1.165, 1.54) is 30.3 Å². The molecule has 1 saturated heterocycles. The average molecular weight is 717 g/mol. The van der Waals surface area contributed by atoms with Crippen molar-refractivity contribution in [2.24, 2.45) is 0 Å². The lowest BCUT2D eigenvalue weighted by Crippen LogP contribution is -2.47. The highest BCUT2D eigenvalue weighted by molar-refractivity contribution is 7.91. The Morgan fingerprint density at radius 3 is 2.53 bits per heavy atom. The van der Waals surface area contributed by atoms with E-state index in [4.69, 9.17) is 14.5 Å². The van der Waals surface area contributed by atoms with Crippen LogP contribution in [0.2, 0.25) is 0 Å². The van der Waals surface area contributed by atoms with Gasteiger partial charge in [-0.05, 0) is 82.5 Å². The Labute approximate surface area is 295 Å². The van der Waals surface area contributed by atoms with Gasteiger partial charge in [-0.25, -0.2) is 36.9 Å². The van der Waals surface area contributed by atoms with Crippen molar-refractivity contribution < 1.29 is 31.5 Å². The van der Waals surface area contributed by atoms with Gasteiger partial charge in [0.1, 0.15) is 23.0 Å². The van der Waals surface area contributed by atoms with Crippen molar-refractivity contribution >= 4 is 38.5 Å². The molecule has 5 aromatic rings. The van der Waals surface area contributed by atoms with E-state index in [-0.39, 0.29) is 34.7 Å². The number of carbonyl (C=O) groups excluding carboxylic acids is 1. The fourth-order valence-electron chi connectivity index (χ4n) is 5.82. The number of sulfonamides is 1. The number of nitrogens with zero attached hydrogens (tertiary/aromatic N) is 4. The highest BCUT2D eigenvalue weighted by atomic mass is 32.2. The Morgan fingerprint density at radius 2 is 1.75 bits per heavy atom. The molecule has 1 aliphatic rings. The second kappa shape index (κ2) is 14.5. The fourth-order valence-corrected chi connectivity index (χ4v) is 7.06. The summed E-state index contributed by atoms with van der Waals surface area (Å²) in [6.45, 7) is 8.35.